The van der Waals surface area contributed by atoms with Crippen LogP contribution >= 0.6 is 0 Å². The summed E-state index contributed by atoms with van der Waals surface area (Å²) >= 11 is 0. The summed E-state index contributed by atoms with van der Waals surface area (Å²) < 4.78 is 41.6. The number of benzene rings is 1. The van der Waals surface area contributed by atoms with Crippen LogP contribution in [0.25, 0.3) is 11.4 Å². The van der Waals surface area contributed by atoms with Crippen LogP contribution in [0.3, 0.4) is 0 Å². The number of carbonyl (C=O) groups is 1. The molecule has 1 amide bonds. The highest BCUT2D eigenvalue weighted by Crippen LogP contribution is 2.32. The van der Waals surface area contributed by atoms with E-state index in [4.69, 9.17) is 0 Å². The largest absolute Gasteiger partial charge is 0.471 e. The Morgan fingerprint density at radius 2 is 1.92 bits per heavy atom. The molecule has 3 rings (SSSR count). The van der Waals surface area contributed by atoms with Crippen molar-refractivity contribution in [3.05, 3.63) is 35.7 Å². The van der Waals surface area contributed by atoms with Crippen LogP contribution in [0.5, 0.6) is 0 Å². The molecule has 0 bridgehead atoms. The lowest BCUT2D eigenvalue weighted by Gasteiger charge is -2.19. The average Bonchev–Trinajstić information content (AvgIpc) is 3.04. The molecule has 5 nitrogen and oxygen atoms in total. The second-order valence-electron chi connectivity index (χ2n) is 6.71. The van der Waals surface area contributed by atoms with Crippen molar-refractivity contribution in [2.24, 2.45) is 5.41 Å². The third kappa shape index (κ3) is 3.42. The smallest absolute Gasteiger partial charge is 0.338 e. The van der Waals surface area contributed by atoms with Gasteiger partial charge in [0.2, 0.25) is 11.7 Å². The number of nitrogens with zero attached hydrogens (tertiary/aromatic N) is 3. The number of amides is 1. The predicted molar refractivity (Wildman–Crippen MR) is 78.6 cm³/mol. The van der Waals surface area contributed by atoms with E-state index >= 15 is 0 Å². The second-order valence-corrected chi connectivity index (χ2v) is 6.71. The molecule has 0 unspecified atom stereocenters. The maximum Gasteiger partial charge on any atom is 0.471 e. The fourth-order valence-corrected chi connectivity index (χ4v) is 2.76. The number of aromatic nitrogens is 2. The first-order valence-electron chi connectivity index (χ1n) is 7.42. The summed E-state index contributed by atoms with van der Waals surface area (Å²) in [5.41, 5.74) is 1.28. The van der Waals surface area contributed by atoms with Gasteiger partial charge in [0.05, 0.1) is 0 Å². The molecule has 1 aromatic heterocycles. The average molecular weight is 339 g/mol. The van der Waals surface area contributed by atoms with Crippen molar-refractivity contribution in [1.82, 2.24) is 15.0 Å². The summed E-state index contributed by atoms with van der Waals surface area (Å²) in [6.07, 6.45) is -4.14. The number of hydrogen-bond donors (Lipinski definition) is 0. The highest BCUT2D eigenvalue weighted by atomic mass is 19.4. The van der Waals surface area contributed by atoms with Gasteiger partial charge in [-0.15, -0.1) is 0 Å². The summed E-state index contributed by atoms with van der Waals surface area (Å²) in [7, 11) is 0. The molecule has 0 radical (unpaired) electrons. The van der Waals surface area contributed by atoms with Crippen molar-refractivity contribution in [2.75, 3.05) is 6.54 Å². The number of carbonyl (C=O) groups excluding carboxylic acids is 1. The summed E-state index contributed by atoms with van der Waals surface area (Å²) in [6, 6.07) is 6.73. The first kappa shape index (κ1) is 16.5. The molecule has 1 aliphatic heterocycles. The zero-order chi connectivity index (χ0) is 17.5. The molecule has 1 aromatic carbocycles. The van der Waals surface area contributed by atoms with Crippen LogP contribution in [0.1, 0.15) is 31.7 Å². The number of hydrogen-bond acceptors (Lipinski definition) is 4. The summed E-state index contributed by atoms with van der Waals surface area (Å²) in [4.78, 5) is 17.1. The summed E-state index contributed by atoms with van der Waals surface area (Å²) in [6.45, 7) is 5.25. The molecule has 2 heterocycles. The van der Waals surface area contributed by atoms with Gasteiger partial charge in [-0.05, 0) is 11.0 Å². The molecule has 0 saturated carbocycles. The number of likely N-dealkylation sites (tertiary alicyclic amines) is 1. The van der Waals surface area contributed by atoms with E-state index in [9.17, 15) is 18.0 Å². The van der Waals surface area contributed by atoms with E-state index in [0.29, 0.717) is 25.1 Å². The van der Waals surface area contributed by atoms with E-state index < -0.39 is 12.1 Å². The maximum absolute atomic E-state index is 12.5. The highest BCUT2D eigenvalue weighted by Gasteiger charge is 2.38. The Balaban J connectivity index is 1.72. The Kier molecular flexibility index (Phi) is 3.85. The molecule has 0 spiro atoms. The van der Waals surface area contributed by atoms with E-state index in [1.807, 2.05) is 13.8 Å². The molecule has 8 heteroatoms. The predicted octanol–water partition coefficient (Wildman–Crippen LogP) is 3.51. The van der Waals surface area contributed by atoms with E-state index in [-0.39, 0.29) is 17.1 Å². The SMILES string of the molecule is CC1(C)CC(=O)N(Cc2ccc(-c3noc(C(F)(F)F)n3)cc2)C1. The number of alkyl halides is 3. The molecule has 2 aromatic rings. The molecule has 0 aliphatic carbocycles. The minimum atomic E-state index is -4.66. The lowest BCUT2D eigenvalue weighted by Crippen LogP contribution is -2.25. The van der Waals surface area contributed by atoms with Gasteiger partial charge in [-0.1, -0.05) is 43.3 Å². The standard InChI is InChI=1S/C16H16F3N3O2/c1-15(2)7-12(23)22(9-15)8-10-3-5-11(6-4-10)13-20-14(24-21-13)16(17,18)19/h3-6H,7-9H2,1-2H3. The normalized spacial score (nSPS) is 17.5. The Hall–Kier alpha value is -2.38. The molecule has 24 heavy (non-hydrogen) atoms. The lowest BCUT2D eigenvalue weighted by atomic mass is 9.93. The Morgan fingerprint density at radius 1 is 1.25 bits per heavy atom. The summed E-state index contributed by atoms with van der Waals surface area (Å²) in [5, 5.41) is 3.35. The van der Waals surface area contributed by atoms with Crippen LogP contribution in [0.4, 0.5) is 13.2 Å². The number of rotatable bonds is 3. The van der Waals surface area contributed by atoms with Crippen LogP contribution in [0.15, 0.2) is 28.8 Å². The molecule has 0 atom stereocenters. The van der Waals surface area contributed by atoms with Gasteiger partial charge >= 0.3 is 12.1 Å². The molecule has 128 valence electrons. The van der Waals surface area contributed by atoms with Gasteiger partial charge in [0.25, 0.3) is 0 Å². The quantitative estimate of drug-likeness (QED) is 0.858. The lowest BCUT2D eigenvalue weighted by molar-refractivity contribution is -0.159. The molecular formula is C16H16F3N3O2. The van der Waals surface area contributed by atoms with E-state index in [1.54, 1.807) is 29.2 Å². The van der Waals surface area contributed by atoms with Crippen LogP contribution in [-0.4, -0.2) is 27.5 Å². The van der Waals surface area contributed by atoms with Gasteiger partial charge in [0, 0.05) is 25.1 Å². The van der Waals surface area contributed by atoms with Crippen LogP contribution in [-0.2, 0) is 17.5 Å². The van der Waals surface area contributed by atoms with Crippen molar-refractivity contribution in [3.63, 3.8) is 0 Å². The van der Waals surface area contributed by atoms with E-state index in [2.05, 4.69) is 14.7 Å². The minimum Gasteiger partial charge on any atom is -0.338 e. The van der Waals surface area contributed by atoms with E-state index in [0.717, 1.165) is 5.56 Å². The van der Waals surface area contributed by atoms with E-state index in [1.165, 1.54) is 0 Å². The minimum absolute atomic E-state index is 0.0321. The molecule has 1 saturated heterocycles. The zero-order valence-corrected chi connectivity index (χ0v) is 13.2. The van der Waals surface area contributed by atoms with Crippen molar-refractivity contribution in [3.8, 4) is 11.4 Å². The zero-order valence-electron chi connectivity index (χ0n) is 13.2. The Labute approximate surface area is 136 Å². The van der Waals surface area contributed by atoms with Crippen molar-refractivity contribution in [2.45, 2.75) is 33.0 Å². The highest BCUT2D eigenvalue weighted by molar-refractivity contribution is 5.79. The molecule has 0 N–H and O–H groups in total. The monoisotopic (exact) mass is 339 g/mol. The first-order chi connectivity index (χ1) is 11.1. The van der Waals surface area contributed by atoms with Gasteiger partial charge in [0.1, 0.15) is 0 Å². The summed E-state index contributed by atoms with van der Waals surface area (Å²) in [5.74, 6) is -1.38. The molecule has 1 aliphatic rings. The van der Waals surface area contributed by atoms with Crippen LogP contribution in [0, 0.1) is 5.41 Å². The van der Waals surface area contributed by atoms with Crippen molar-refractivity contribution in [1.29, 1.82) is 0 Å². The van der Waals surface area contributed by atoms with Gasteiger partial charge in [-0.25, -0.2) is 0 Å². The second kappa shape index (κ2) is 5.61. The van der Waals surface area contributed by atoms with Crippen molar-refractivity contribution >= 4 is 5.91 Å². The van der Waals surface area contributed by atoms with Gasteiger partial charge in [-0.2, -0.15) is 18.2 Å². The third-order valence-electron chi connectivity index (χ3n) is 3.86. The van der Waals surface area contributed by atoms with Gasteiger partial charge < -0.3 is 9.42 Å². The molecular weight excluding hydrogens is 323 g/mol. The Morgan fingerprint density at radius 3 is 2.42 bits per heavy atom. The fraction of sp³-hybridized carbons (Fsp3) is 0.438. The Bertz CT molecular complexity index is 751. The topological polar surface area (TPSA) is 59.2 Å². The molecule has 1 fully saturated rings. The van der Waals surface area contributed by atoms with Crippen LogP contribution < -0.4 is 0 Å². The first-order valence-corrected chi connectivity index (χ1v) is 7.42. The fourth-order valence-electron chi connectivity index (χ4n) is 2.76. The van der Waals surface area contributed by atoms with Crippen molar-refractivity contribution < 1.29 is 22.5 Å². The maximum atomic E-state index is 12.5. The van der Waals surface area contributed by atoms with Gasteiger partial charge in [0.15, 0.2) is 0 Å². The third-order valence-corrected chi connectivity index (χ3v) is 3.86. The number of halogens is 3. The van der Waals surface area contributed by atoms with Gasteiger partial charge in [-0.3, -0.25) is 4.79 Å². The van der Waals surface area contributed by atoms with Crippen LogP contribution in [0.2, 0.25) is 0 Å².